The normalized spacial score (nSPS) is 21.2. The van der Waals surface area contributed by atoms with Gasteiger partial charge in [-0.15, -0.1) is 0 Å². The highest BCUT2D eigenvalue weighted by molar-refractivity contribution is 6.00. The summed E-state index contributed by atoms with van der Waals surface area (Å²) in [5.41, 5.74) is -1.40. The molecule has 12 heteroatoms. The van der Waals surface area contributed by atoms with E-state index in [2.05, 4.69) is 10.6 Å². The third-order valence-electron chi connectivity index (χ3n) is 8.03. The fraction of sp³-hybridized carbons (Fsp3) is 0.300. The topological polar surface area (TPSA) is 105 Å². The number of halogens is 5. The number of carbonyl (C=O) groups is 3. The number of aromatic carboxylic acids is 1. The van der Waals surface area contributed by atoms with Crippen LogP contribution in [0.15, 0.2) is 54.6 Å². The van der Waals surface area contributed by atoms with E-state index < -0.39 is 53.1 Å². The third kappa shape index (κ3) is 5.53. The van der Waals surface area contributed by atoms with E-state index in [0.717, 1.165) is 18.6 Å². The van der Waals surface area contributed by atoms with Crippen LogP contribution in [0.5, 0.6) is 5.75 Å². The number of hydrogen-bond acceptors (Lipinski definition) is 4. The van der Waals surface area contributed by atoms with Crippen LogP contribution < -0.4 is 15.4 Å². The summed E-state index contributed by atoms with van der Waals surface area (Å²) in [5.74, 6) is -5.58. The number of methoxy groups -OCH3 is 1. The molecule has 0 saturated heterocycles. The van der Waals surface area contributed by atoms with Crippen LogP contribution in [0.1, 0.15) is 45.5 Å². The largest absolute Gasteiger partial charge is 0.496 e. The summed E-state index contributed by atoms with van der Waals surface area (Å²) in [6, 6.07) is 9.28. The molecular formula is C30H25F5N2O5. The van der Waals surface area contributed by atoms with Gasteiger partial charge in [0.1, 0.15) is 17.4 Å². The van der Waals surface area contributed by atoms with Gasteiger partial charge in [0.05, 0.1) is 29.7 Å². The Morgan fingerprint density at radius 2 is 1.62 bits per heavy atom. The minimum Gasteiger partial charge on any atom is -0.496 e. The predicted molar refractivity (Wildman–Crippen MR) is 141 cm³/mol. The number of carboxylic acids is 1. The molecule has 4 atom stereocenters. The average Bonchev–Trinajstić information content (AvgIpc) is 3.55. The molecule has 0 radical (unpaired) electrons. The van der Waals surface area contributed by atoms with Gasteiger partial charge < -0.3 is 20.5 Å². The van der Waals surface area contributed by atoms with E-state index in [-0.39, 0.29) is 40.0 Å². The van der Waals surface area contributed by atoms with Gasteiger partial charge in [0, 0.05) is 23.4 Å². The molecule has 42 heavy (non-hydrogen) atoms. The van der Waals surface area contributed by atoms with Crippen molar-refractivity contribution < 1.29 is 46.2 Å². The van der Waals surface area contributed by atoms with Gasteiger partial charge in [0.2, 0.25) is 5.91 Å². The van der Waals surface area contributed by atoms with Crippen molar-refractivity contribution in [3.8, 4) is 16.9 Å². The van der Waals surface area contributed by atoms with Crippen molar-refractivity contribution in [2.24, 2.45) is 17.8 Å². The molecule has 0 unspecified atom stereocenters. The molecule has 5 rings (SSSR count). The molecule has 3 N–H and O–H groups in total. The van der Waals surface area contributed by atoms with Crippen LogP contribution in [0.25, 0.3) is 11.1 Å². The van der Waals surface area contributed by atoms with Gasteiger partial charge in [-0.1, -0.05) is 12.1 Å². The molecule has 2 amide bonds. The maximum Gasteiger partial charge on any atom is 0.419 e. The van der Waals surface area contributed by atoms with Gasteiger partial charge in [0.25, 0.3) is 5.91 Å². The Hall–Kier alpha value is -4.48. The quantitative estimate of drug-likeness (QED) is 0.288. The number of nitrogens with one attached hydrogen (secondary N) is 2. The highest BCUT2D eigenvalue weighted by Crippen LogP contribution is 2.49. The summed E-state index contributed by atoms with van der Waals surface area (Å²) in [6.45, 7) is 0. The van der Waals surface area contributed by atoms with E-state index in [9.17, 15) is 36.3 Å². The number of ether oxygens (including phenoxy) is 1. The minimum absolute atomic E-state index is 0.00140. The zero-order chi connectivity index (χ0) is 30.3. The number of fused-ring (bicyclic) bond motifs is 2. The highest BCUT2D eigenvalue weighted by atomic mass is 19.4. The molecule has 2 saturated carbocycles. The van der Waals surface area contributed by atoms with E-state index in [1.54, 1.807) is 0 Å². The number of amides is 2. The first-order valence-electron chi connectivity index (χ1n) is 13.1. The fourth-order valence-corrected chi connectivity index (χ4v) is 6.07. The lowest BCUT2D eigenvalue weighted by atomic mass is 9.83. The Bertz CT molecular complexity index is 1560. The number of rotatable bonds is 7. The molecule has 2 fully saturated rings. The Balaban J connectivity index is 1.40. The second kappa shape index (κ2) is 11.1. The summed E-state index contributed by atoms with van der Waals surface area (Å²) < 4.78 is 73.5. The molecule has 2 aliphatic carbocycles. The van der Waals surface area contributed by atoms with Gasteiger partial charge in [-0.2, -0.15) is 13.2 Å². The lowest BCUT2D eigenvalue weighted by Gasteiger charge is -2.31. The molecule has 220 valence electrons. The Labute approximate surface area is 236 Å². The number of anilines is 1. The van der Waals surface area contributed by atoms with Gasteiger partial charge in [-0.05, 0) is 73.1 Å². The Morgan fingerprint density at radius 1 is 0.929 bits per heavy atom. The number of benzene rings is 3. The van der Waals surface area contributed by atoms with E-state index in [1.165, 1.54) is 37.4 Å². The smallest absolute Gasteiger partial charge is 0.419 e. The highest BCUT2D eigenvalue weighted by Gasteiger charge is 2.51. The van der Waals surface area contributed by atoms with Crippen LogP contribution in [0.4, 0.5) is 27.6 Å². The van der Waals surface area contributed by atoms with Crippen LogP contribution in [-0.4, -0.2) is 36.0 Å². The minimum atomic E-state index is -4.95. The number of carboxylic acid groups (broad SMARTS) is 1. The van der Waals surface area contributed by atoms with E-state index >= 15 is 0 Å². The Morgan fingerprint density at radius 3 is 2.26 bits per heavy atom. The zero-order valence-electron chi connectivity index (χ0n) is 22.1. The summed E-state index contributed by atoms with van der Waals surface area (Å²) >= 11 is 0. The van der Waals surface area contributed by atoms with E-state index in [1.807, 2.05) is 0 Å². The standard InChI is InChI=1S/C30H25F5N2O5/c1-42-24-13-23(32)19(14-2-4-15(5-3-14)29(40)41)12-20(24)27(38)37-26-17-7-6-16(10-17)25(26)28(39)36-18-8-9-22(31)21(11-18)30(33,34)35/h2-5,8-9,11-13,16-17,25-26H,6-7,10H2,1H3,(H,36,39)(H,37,38)(H,40,41)/t16-,17+,25+,26-/m0/s1. The number of carbonyl (C=O) groups excluding carboxylic acids is 2. The van der Waals surface area contributed by atoms with Crippen LogP contribution in [0.2, 0.25) is 0 Å². The summed E-state index contributed by atoms with van der Waals surface area (Å²) in [5, 5.41) is 14.4. The molecule has 7 nitrogen and oxygen atoms in total. The molecule has 2 bridgehead atoms. The summed E-state index contributed by atoms with van der Waals surface area (Å²) in [7, 11) is 1.26. The van der Waals surface area contributed by atoms with Crippen molar-refractivity contribution in [3.63, 3.8) is 0 Å². The maximum absolute atomic E-state index is 15.0. The second-order valence-corrected chi connectivity index (χ2v) is 10.5. The lowest BCUT2D eigenvalue weighted by molar-refractivity contribution is -0.140. The van der Waals surface area contributed by atoms with Crippen LogP contribution >= 0.6 is 0 Å². The monoisotopic (exact) mass is 588 g/mol. The summed E-state index contributed by atoms with van der Waals surface area (Å²) in [4.78, 5) is 38.0. The molecule has 0 aromatic heterocycles. The summed E-state index contributed by atoms with van der Waals surface area (Å²) in [6.07, 6.45) is -2.89. The Kier molecular flexibility index (Phi) is 7.65. The molecule has 3 aromatic rings. The maximum atomic E-state index is 15.0. The lowest BCUT2D eigenvalue weighted by Crippen LogP contribution is -2.48. The van der Waals surface area contributed by atoms with Crippen LogP contribution in [0.3, 0.4) is 0 Å². The first-order chi connectivity index (χ1) is 19.9. The third-order valence-corrected chi connectivity index (χ3v) is 8.03. The van der Waals surface area contributed by atoms with Gasteiger partial charge in [-0.3, -0.25) is 9.59 Å². The van der Waals surface area contributed by atoms with E-state index in [4.69, 9.17) is 9.84 Å². The first-order valence-corrected chi connectivity index (χ1v) is 13.1. The van der Waals surface area contributed by atoms with E-state index in [0.29, 0.717) is 30.5 Å². The van der Waals surface area contributed by atoms with Crippen molar-refractivity contribution in [1.82, 2.24) is 5.32 Å². The van der Waals surface area contributed by atoms with Gasteiger partial charge in [-0.25, -0.2) is 13.6 Å². The van der Waals surface area contributed by atoms with Crippen molar-refractivity contribution >= 4 is 23.5 Å². The van der Waals surface area contributed by atoms with Crippen LogP contribution in [-0.2, 0) is 11.0 Å². The zero-order valence-corrected chi connectivity index (χ0v) is 22.1. The molecule has 0 heterocycles. The number of alkyl halides is 3. The van der Waals surface area contributed by atoms with Crippen molar-refractivity contribution in [2.45, 2.75) is 31.5 Å². The van der Waals surface area contributed by atoms with Crippen molar-refractivity contribution in [1.29, 1.82) is 0 Å². The van der Waals surface area contributed by atoms with Crippen LogP contribution in [0, 0.1) is 29.4 Å². The van der Waals surface area contributed by atoms with Crippen molar-refractivity contribution in [3.05, 3.63) is 82.9 Å². The van der Waals surface area contributed by atoms with Gasteiger partial charge >= 0.3 is 12.1 Å². The molecule has 0 aliphatic heterocycles. The fourth-order valence-electron chi connectivity index (χ4n) is 6.07. The molecule has 0 spiro atoms. The predicted octanol–water partition coefficient (Wildman–Crippen LogP) is 6.14. The second-order valence-electron chi connectivity index (χ2n) is 10.5. The van der Waals surface area contributed by atoms with Crippen molar-refractivity contribution in [2.75, 3.05) is 12.4 Å². The molecule has 2 aliphatic rings. The molecule has 3 aromatic carbocycles. The van der Waals surface area contributed by atoms with Gasteiger partial charge in [0.15, 0.2) is 0 Å². The average molecular weight is 589 g/mol. The first kappa shape index (κ1) is 29.0. The molecular weight excluding hydrogens is 563 g/mol. The number of hydrogen-bond donors (Lipinski definition) is 3. The SMILES string of the molecule is COc1cc(F)c(-c2ccc(C(=O)O)cc2)cc1C(=O)N[C@H]1[C@@H]2CC[C@@H](C2)[C@H]1C(=O)Nc1ccc(F)c(C(F)(F)F)c1.